The van der Waals surface area contributed by atoms with Gasteiger partial charge in [-0.3, -0.25) is 0 Å². The Morgan fingerprint density at radius 2 is 1.86 bits per heavy atom. The van der Waals surface area contributed by atoms with Crippen LogP contribution in [0, 0.1) is 6.92 Å². The predicted octanol–water partition coefficient (Wildman–Crippen LogP) is 3.97. The van der Waals surface area contributed by atoms with E-state index >= 15 is 0 Å². The van der Waals surface area contributed by atoms with Crippen LogP contribution >= 0.6 is 0 Å². The minimum Gasteiger partial charge on any atom is -0.519 e. The first-order chi connectivity index (χ1) is 6.22. The third-order valence-corrected chi connectivity index (χ3v) is 7.19. The number of furan rings is 1. The molecule has 0 atom stereocenters. The molecule has 0 spiro atoms. The van der Waals surface area contributed by atoms with Gasteiger partial charge in [0.2, 0.25) is 0 Å². The third kappa shape index (κ3) is 2.41. The number of aryl methyl sites for hydroxylation is 1. The van der Waals surface area contributed by atoms with Crippen molar-refractivity contribution in [1.82, 2.24) is 0 Å². The molecular weight excluding hydrogens is 192 g/mol. The van der Waals surface area contributed by atoms with Crippen LogP contribution in [0.2, 0.25) is 18.1 Å². The van der Waals surface area contributed by atoms with Crippen molar-refractivity contribution in [2.24, 2.45) is 0 Å². The molecule has 2 nitrogen and oxygen atoms in total. The van der Waals surface area contributed by atoms with Gasteiger partial charge in [0.15, 0.2) is 0 Å². The normalized spacial score (nSPS) is 13.0. The lowest BCUT2D eigenvalue weighted by molar-refractivity contribution is 0.366. The van der Waals surface area contributed by atoms with Gasteiger partial charge in [-0.25, -0.2) is 0 Å². The Labute approximate surface area is 87.4 Å². The second kappa shape index (κ2) is 3.46. The Morgan fingerprint density at radius 3 is 2.21 bits per heavy atom. The zero-order chi connectivity index (χ0) is 11.0. The summed E-state index contributed by atoms with van der Waals surface area (Å²) in [6, 6.07) is 1.94. The highest BCUT2D eigenvalue weighted by Crippen LogP contribution is 2.37. The van der Waals surface area contributed by atoms with Crippen LogP contribution < -0.4 is 4.43 Å². The molecule has 0 aliphatic carbocycles. The minimum absolute atomic E-state index is 0.216. The maximum atomic E-state index is 5.96. The van der Waals surface area contributed by atoms with E-state index in [1.165, 1.54) is 0 Å². The van der Waals surface area contributed by atoms with E-state index in [2.05, 4.69) is 33.9 Å². The van der Waals surface area contributed by atoms with Crippen molar-refractivity contribution in [2.45, 2.75) is 45.8 Å². The van der Waals surface area contributed by atoms with Crippen molar-refractivity contribution < 1.29 is 8.84 Å². The van der Waals surface area contributed by atoms with Crippen molar-refractivity contribution in [3.63, 3.8) is 0 Å². The molecule has 14 heavy (non-hydrogen) atoms. The molecule has 0 saturated carbocycles. The summed E-state index contributed by atoms with van der Waals surface area (Å²) in [6.07, 6.45) is 1.72. The van der Waals surface area contributed by atoms with Crippen molar-refractivity contribution in [2.75, 3.05) is 0 Å². The SMILES string of the molecule is Cc1coc(O[Si](C)(C)C(C)(C)C)c1. The summed E-state index contributed by atoms with van der Waals surface area (Å²) in [6.45, 7) is 13.1. The average Bonchev–Trinajstić information content (AvgIpc) is 2.31. The molecule has 1 aromatic heterocycles. The summed E-state index contributed by atoms with van der Waals surface area (Å²) < 4.78 is 11.3. The monoisotopic (exact) mass is 212 g/mol. The van der Waals surface area contributed by atoms with Gasteiger partial charge in [-0.05, 0) is 30.6 Å². The topological polar surface area (TPSA) is 22.4 Å². The van der Waals surface area contributed by atoms with Crippen molar-refractivity contribution >= 4 is 8.32 Å². The van der Waals surface area contributed by atoms with E-state index in [4.69, 9.17) is 8.84 Å². The maximum Gasteiger partial charge on any atom is 0.270 e. The Morgan fingerprint density at radius 1 is 1.29 bits per heavy atom. The number of hydrogen-bond donors (Lipinski definition) is 0. The first kappa shape index (κ1) is 11.4. The largest absolute Gasteiger partial charge is 0.519 e. The van der Waals surface area contributed by atoms with Crippen molar-refractivity contribution in [3.05, 3.63) is 17.9 Å². The molecule has 0 aliphatic rings. The molecule has 0 fully saturated rings. The first-order valence-electron chi connectivity index (χ1n) is 4.96. The van der Waals surface area contributed by atoms with Crippen molar-refractivity contribution in [3.8, 4) is 5.95 Å². The van der Waals surface area contributed by atoms with Gasteiger partial charge in [0.05, 0.1) is 6.26 Å². The predicted molar refractivity (Wildman–Crippen MR) is 61.3 cm³/mol. The first-order valence-corrected chi connectivity index (χ1v) is 7.87. The molecule has 0 aliphatic heterocycles. The van der Waals surface area contributed by atoms with Crippen molar-refractivity contribution in [1.29, 1.82) is 0 Å². The smallest absolute Gasteiger partial charge is 0.270 e. The summed E-state index contributed by atoms with van der Waals surface area (Å²) in [5.41, 5.74) is 1.11. The van der Waals surface area contributed by atoms with Crippen LogP contribution in [-0.4, -0.2) is 8.32 Å². The van der Waals surface area contributed by atoms with Crippen LogP contribution in [0.4, 0.5) is 0 Å². The van der Waals surface area contributed by atoms with Gasteiger partial charge in [0.25, 0.3) is 14.3 Å². The molecule has 0 unspecified atom stereocenters. The fourth-order valence-corrected chi connectivity index (χ4v) is 1.78. The lowest BCUT2D eigenvalue weighted by atomic mass is 10.2. The fraction of sp³-hybridized carbons (Fsp3) is 0.636. The zero-order valence-electron chi connectivity index (χ0n) is 9.97. The second-order valence-corrected chi connectivity index (χ2v) is 10.0. The van der Waals surface area contributed by atoms with Gasteiger partial charge < -0.3 is 8.84 Å². The van der Waals surface area contributed by atoms with E-state index in [0.29, 0.717) is 5.95 Å². The molecule has 0 saturated heterocycles. The van der Waals surface area contributed by atoms with E-state index in [-0.39, 0.29) is 5.04 Å². The molecule has 1 heterocycles. The minimum atomic E-state index is -1.73. The van der Waals surface area contributed by atoms with Gasteiger partial charge in [-0.2, -0.15) is 0 Å². The molecule has 0 aromatic carbocycles. The molecule has 80 valence electrons. The van der Waals surface area contributed by atoms with Crippen LogP contribution in [0.25, 0.3) is 0 Å². The van der Waals surface area contributed by atoms with E-state index < -0.39 is 8.32 Å². The summed E-state index contributed by atoms with van der Waals surface area (Å²) in [5.74, 6) is 0.661. The Bertz CT molecular complexity index is 307. The van der Waals surface area contributed by atoms with Gasteiger partial charge in [0, 0.05) is 6.07 Å². The molecule has 0 radical (unpaired) electrons. The lowest BCUT2D eigenvalue weighted by Crippen LogP contribution is -2.43. The molecule has 1 rings (SSSR count). The zero-order valence-corrected chi connectivity index (χ0v) is 11.0. The van der Waals surface area contributed by atoms with E-state index in [9.17, 15) is 0 Å². The highest BCUT2D eigenvalue weighted by molar-refractivity contribution is 6.74. The van der Waals surface area contributed by atoms with Crippen LogP contribution in [0.5, 0.6) is 5.95 Å². The molecule has 1 aromatic rings. The number of hydrogen-bond acceptors (Lipinski definition) is 2. The maximum absolute atomic E-state index is 5.96. The summed E-state index contributed by atoms with van der Waals surface area (Å²) >= 11 is 0. The van der Waals surface area contributed by atoms with Crippen LogP contribution in [0.1, 0.15) is 26.3 Å². The van der Waals surface area contributed by atoms with Crippen LogP contribution in [0.3, 0.4) is 0 Å². The molecule has 0 N–H and O–H groups in total. The quantitative estimate of drug-likeness (QED) is 0.692. The van der Waals surface area contributed by atoms with Gasteiger partial charge in [0.1, 0.15) is 0 Å². The van der Waals surface area contributed by atoms with E-state index in [1.807, 2.05) is 13.0 Å². The number of rotatable bonds is 2. The highest BCUT2D eigenvalue weighted by Gasteiger charge is 2.39. The molecule has 3 heteroatoms. The fourth-order valence-electron chi connectivity index (χ4n) is 0.863. The standard InChI is InChI=1S/C11H20O2Si/c1-9-7-10(12-8-9)13-14(5,6)11(2,3)4/h7-8H,1-6H3. The molecule has 0 bridgehead atoms. The third-order valence-electron chi connectivity index (χ3n) is 2.87. The second-order valence-electron chi connectivity index (χ2n) is 5.31. The van der Waals surface area contributed by atoms with Gasteiger partial charge >= 0.3 is 0 Å². The van der Waals surface area contributed by atoms with Gasteiger partial charge in [-0.15, -0.1) is 0 Å². The Hall–Kier alpha value is -0.703. The van der Waals surface area contributed by atoms with Crippen LogP contribution in [0.15, 0.2) is 16.7 Å². The summed E-state index contributed by atoms with van der Waals surface area (Å²) in [7, 11) is -1.73. The van der Waals surface area contributed by atoms with Crippen LogP contribution in [-0.2, 0) is 0 Å². The van der Waals surface area contributed by atoms with Gasteiger partial charge in [-0.1, -0.05) is 20.8 Å². The molecular formula is C11H20O2Si. The van der Waals surface area contributed by atoms with E-state index in [1.54, 1.807) is 6.26 Å². The summed E-state index contributed by atoms with van der Waals surface area (Å²) in [4.78, 5) is 0. The Kier molecular flexibility index (Phi) is 2.81. The Balaban J connectivity index is 2.78. The lowest BCUT2D eigenvalue weighted by Gasteiger charge is -2.35. The average molecular weight is 212 g/mol. The summed E-state index contributed by atoms with van der Waals surface area (Å²) in [5, 5.41) is 0.216. The molecule has 0 amide bonds. The highest BCUT2D eigenvalue weighted by atomic mass is 28.4. The van der Waals surface area contributed by atoms with E-state index in [0.717, 1.165) is 5.56 Å².